The molecule has 43 heavy (non-hydrogen) atoms. The fraction of sp³-hybridized carbons (Fsp3) is 0.487. The molecule has 230 valence electrons. The van der Waals surface area contributed by atoms with Crippen molar-refractivity contribution in [1.29, 1.82) is 0 Å². The van der Waals surface area contributed by atoms with Gasteiger partial charge in [-0.25, -0.2) is 4.98 Å². The number of rotatable bonds is 17. The van der Waals surface area contributed by atoms with Crippen LogP contribution in [0.3, 0.4) is 0 Å². The summed E-state index contributed by atoms with van der Waals surface area (Å²) in [7, 11) is 2.01. The summed E-state index contributed by atoms with van der Waals surface area (Å²) >= 11 is 1.77. The molecule has 1 N–H and O–H groups in total. The fourth-order valence-electron chi connectivity index (χ4n) is 5.64. The Morgan fingerprint density at radius 2 is 1.95 bits per heavy atom. The lowest BCUT2D eigenvalue weighted by atomic mass is 9.76. The van der Waals surface area contributed by atoms with Gasteiger partial charge in [0.05, 0.1) is 16.4 Å². The number of pyridine rings is 1. The van der Waals surface area contributed by atoms with Crippen LogP contribution >= 0.6 is 11.3 Å². The number of hydrogen-bond acceptors (Lipinski definition) is 4. The summed E-state index contributed by atoms with van der Waals surface area (Å²) in [6.07, 6.45) is 16.9. The SMILES string of the molecule is C#CCCC(C)(C)C/C(=C(/C)c1cccnc1C(C)CC)c1cc(-c2csc(CCC(=C)CCCCNC)n2)ccc1C. The molecule has 0 aliphatic heterocycles. The van der Waals surface area contributed by atoms with Gasteiger partial charge < -0.3 is 5.32 Å². The summed E-state index contributed by atoms with van der Waals surface area (Å²) in [5.41, 5.74) is 11.3. The number of aromatic nitrogens is 2. The smallest absolute Gasteiger partial charge is 0.0935 e. The van der Waals surface area contributed by atoms with E-state index in [1.807, 2.05) is 13.2 Å². The van der Waals surface area contributed by atoms with Gasteiger partial charge in [-0.3, -0.25) is 4.98 Å². The van der Waals surface area contributed by atoms with E-state index < -0.39 is 0 Å². The van der Waals surface area contributed by atoms with Crippen molar-refractivity contribution >= 4 is 22.5 Å². The molecule has 0 aliphatic carbocycles. The second-order valence-corrected chi connectivity index (χ2v) is 13.8. The predicted octanol–water partition coefficient (Wildman–Crippen LogP) is 10.7. The molecule has 1 atom stereocenters. The first kappa shape index (κ1) is 34.5. The molecule has 3 aromatic rings. The summed E-state index contributed by atoms with van der Waals surface area (Å²) in [6.45, 7) is 19.1. The van der Waals surface area contributed by atoms with Crippen LogP contribution in [-0.2, 0) is 6.42 Å². The van der Waals surface area contributed by atoms with Crippen LogP contribution in [0.4, 0.5) is 0 Å². The second-order valence-electron chi connectivity index (χ2n) is 12.9. The van der Waals surface area contributed by atoms with Crippen molar-refractivity contribution in [2.24, 2.45) is 5.41 Å². The number of benzene rings is 1. The molecular weight excluding hydrogens is 543 g/mol. The maximum absolute atomic E-state index is 5.69. The third kappa shape index (κ3) is 10.0. The highest BCUT2D eigenvalue weighted by atomic mass is 32.1. The first-order chi connectivity index (χ1) is 20.6. The van der Waals surface area contributed by atoms with Gasteiger partial charge in [-0.2, -0.15) is 0 Å². The molecule has 1 unspecified atom stereocenters. The Hall–Kier alpha value is -3.00. The van der Waals surface area contributed by atoms with Crippen LogP contribution in [0, 0.1) is 24.7 Å². The van der Waals surface area contributed by atoms with Crippen LogP contribution in [0.15, 0.2) is 54.1 Å². The number of aryl methyl sites for hydroxylation is 2. The van der Waals surface area contributed by atoms with Crippen molar-refractivity contribution in [3.05, 3.63) is 81.5 Å². The largest absolute Gasteiger partial charge is 0.320 e. The van der Waals surface area contributed by atoms with E-state index in [9.17, 15) is 0 Å². The summed E-state index contributed by atoms with van der Waals surface area (Å²) in [6, 6.07) is 11.2. The molecule has 0 aliphatic rings. The molecule has 0 radical (unpaired) electrons. The van der Waals surface area contributed by atoms with Crippen LogP contribution in [0.25, 0.3) is 22.4 Å². The van der Waals surface area contributed by atoms with E-state index >= 15 is 0 Å². The summed E-state index contributed by atoms with van der Waals surface area (Å²) in [4.78, 5) is 9.94. The van der Waals surface area contributed by atoms with E-state index in [0.29, 0.717) is 5.92 Å². The highest BCUT2D eigenvalue weighted by Crippen LogP contribution is 2.42. The highest BCUT2D eigenvalue weighted by Gasteiger charge is 2.24. The van der Waals surface area contributed by atoms with Crippen LogP contribution in [0.1, 0.15) is 119 Å². The number of hydrogen-bond donors (Lipinski definition) is 1. The third-order valence-corrected chi connectivity index (χ3v) is 9.59. The molecular formula is C39H53N3S. The molecule has 3 rings (SSSR count). The van der Waals surface area contributed by atoms with Gasteiger partial charge in [0.15, 0.2) is 0 Å². The molecule has 0 spiro atoms. The number of nitrogens with zero attached hydrogens (tertiary/aromatic N) is 2. The van der Waals surface area contributed by atoms with E-state index in [2.05, 4.69) is 95.1 Å². The number of nitrogens with one attached hydrogen (secondary N) is 1. The fourth-order valence-corrected chi connectivity index (χ4v) is 6.45. The molecule has 0 saturated heterocycles. The third-order valence-electron chi connectivity index (χ3n) is 8.69. The maximum Gasteiger partial charge on any atom is 0.0935 e. The van der Waals surface area contributed by atoms with Crippen molar-refractivity contribution < 1.29 is 0 Å². The van der Waals surface area contributed by atoms with E-state index in [-0.39, 0.29) is 5.41 Å². The Bertz CT molecular complexity index is 1420. The van der Waals surface area contributed by atoms with E-state index in [4.69, 9.17) is 16.4 Å². The lowest BCUT2D eigenvalue weighted by Gasteiger charge is -2.28. The molecule has 0 saturated carbocycles. The normalized spacial score (nSPS) is 13.0. The van der Waals surface area contributed by atoms with E-state index in [0.717, 1.165) is 57.2 Å². The quantitative estimate of drug-likeness (QED) is 0.0958. The topological polar surface area (TPSA) is 37.8 Å². The van der Waals surface area contributed by atoms with Crippen molar-refractivity contribution in [3.63, 3.8) is 0 Å². The Balaban J connectivity index is 1.98. The van der Waals surface area contributed by atoms with Crippen LogP contribution in [0.5, 0.6) is 0 Å². The summed E-state index contributed by atoms with van der Waals surface area (Å²) < 4.78 is 0. The van der Waals surface area contributed by atoms with Gasteiger partial charge in [-0.05, 0) is 124 Å². The minimum absolute atomic E-state index is 0.0629. The molecule has 1 aromatic carbocycles. The highest BCUT2D eigenvalue weighted by molar-refractivity contribution is 7.09. The monoisotopic (exact) mass is 595 g/mol. The Labute approximate surface area is 266 Å². The molecule has 2 aromatic heterocycles. The molecule has 0 fully saturated rings. The lowest BCUT2D eigenvalue weighted by molar-refractivity contribution is 0.350. The van der Waals surface area contributed by atoms with Gasteiger partial charge in [0, 0.05) is 30.0 Å². The van der Waals surface area contributed by atoms with E-state index in [1.54, 1.807) is 11.3 Å². The minimum Gasteiger partial charge on any atom is -0.320 e. The predicted molar refractivity (Wildman–Crippen MR) is 189 cm³/mol. The number of terminal acetylenes is 1. The molecule has 0 amide bonds. The Morgan fingerprint density at radius 3 is 2.67 bits per heavy atom. The standard InChI is InChI=1S/C39H53N3S/c1-10-12-22-39(7,8)26-35(31(6)33-17-15-24-41-38(33)29(4)11-2)34-25-32(20-19-30(34)5)36-27-43-37(42-36)21-18-28(3)16-13-14-23-40-9/h1,15,17,19-20,24-25,27,29,40H,3,11-14,16,18,21-23,26H2,2,4-9H3/b35-31+. The van der Waals surface area contributed by atoms with Crippen molar-refractivity contribution in [1.82, 2.24) is 15.3 Å². The van der Waals surface area contributed by atoms with Crippen molar-refractivity contribution in [2.45, 2.75) is 105 Å². The van der Waals surface area contributed by atoms with Crippen molar-refractivity contribution in [3.8, 4) is 23.6 Å². The van der Waals surface area contributed by atoms with Gasteiger partial charge in [0.1, 0.15) is 0 Å². The minimum atomic E-state index is 0.0629. The van der Waals surface area contributed by atoms with Crippen LogP contribution < -0.4 is 5.32 Å². The average molecular weight is 596 g/mol. The van der Waals surface area contributed by atoms with Gasteiger partial charge in [-0.15, -0.1) is 23.7 Å². The second kappa shape index (κ2) is 16.7. The lowest BCUT2D eigenvalue weighted by Crippen LogP contribution is -2.13. The number of thiazole rings is 1. The zero-order valence-corrected chi connectivity index (χ0v) is 28.6. The molecule has 4 heteroatoms. The van der Waals surface area contributed by atoms with E-state index in [1.165, 1.54) is 62.5 Å². The number of unbranched alkanes of at least 4 members (excludes halogenated alkanes) is 1. The first-order valence-corrected chi connectivity index (χ1v) is 16.9. The Morgan fingerprint density at radius 1 is 1.16 bits per heavy atom. The molecule has 2 heterocycles. The Kier molecular flexibility index (Phi) is 13.4. The number of allylic oxidation sites excluding steroid dienone is 3. The summed E-state index contributed by atoms with van der Waals surface area (Å²) in [5.74, 6) is 3.26. The van der Waals surface area contributed by atoms with Crippen molar-refractivity contribution in [2.75, 3.05) is 13.6 Å². The molecule has 3 nitrogen and oxygen atoms in total. The zero-order valence-electron chi connectivity index (χ0n) is 27.8. The molecule has 0 bridgehead atoms. The van der Waals surface area contributed by atoms with Gasteiger partial charge in [-0.1, -0.05) is 58.0 Å². The zero-order chi connectivity index (χ0) is 31.4. The van der Waals surface area contributed by atoms with Gasteiger partial charge in [0.25, 0.3) is 0 Å². The van der Waals surface area contributed by atoms with Gasteiger partial charge in [0.2, 0.25) is 0 Å². The van der Waals surface area contributed by atoms with Crippen LogP contribution in [0.2, 0.25) is 0 Å². The average Bonchev–Trinajstić information content (AvgIpc) is 3.49. The maximum atomic E-state index is 5.69. The first-order valence-electron chi connectivity index (χ1n) is 16.1. The summed E-state index contributed by atoms with van der Waals surface area (Å²) in [5, 5.41) is 6.63. The van der Waals surface area contributed by atoms with Gasteiger partial charge >= 0.3 is 0 Å². The van der Waals surface area contributed by atoms with Crippen LogP contribution in [-0.4, -0.2) is 23.6 Å².